The van der Waals surface area contributed by atoms with Crippen LogP contribution in [0.3, 0.4) is 0 Å². The first-order chi connectivity index (χ1) is 7.71. The quantitative estimate of drug-likeness (QED) is 0.825. The monoisotopic (exact) mass is 241 g/mol. The van der Waals surface area contributed by atoms with Gasteiger partial charge in [-0.25, -0.2) is 0 Å². The molecule has 1 N–H and O–H groups in total. The summed E-state index contributed by atoms with van der Waals surface area (Å²) in [5.41, 5.74) is -0.0750. The highest BCUT2D eigenvalue weighted by atomic mass is 16.4. The molecule has 1 fully saturated rings. The predicted molar refractivity (Wildman–Crippen MR) is 70.1 cm³/mol. The van der Waals surface area contributed by atoms with Gasteiger partial charge in [-0.05, 0) is 45.4 Å². The molecule has 3 heteroatoms. The van der Waals surface area contributed by atoms with E-state index < -0.39 is 5.97 Å². The maximum atomic E-state index is 11.0. The van der Waals surface area contributed by atoms with Crippen molar-refractivity contribution in [3.05, 3.63) is 0 Å². The fourth-order valence-electron chi connectivity index (χ4n) is 2.93. The number of carboxylic acid groups (broad SMARTS) is 1. The largest absolute Gasteiger partial charge is 0.480 e. The molecule has 0 spiro atoms. The van der Waals surface area contributed by atoms with Crippen LogP contribution in [0.4, 0.5) is 0 Å². The summed E-state index contributed by atoms with van der Waals surface area (Å²) in [4.78, 5) is 13.2. The summed E-state index contributed by atoms with van der Waals surface area (Å²) >= 11 is 0. The lowest BCUT2D eigenvalue weighted by atomic mass is 9.78. The third-order valence-corrected chi connectivity index (χ3v) is 3.98. The summed E-state index contributed by atoms with van der Waals surface area (Å²) in [6, 6.07) is 0.412. The summed E-state index contributed by atoms with van der Waals surface area (Å²) < 4.78 is 0. The van der Waals surface area contributed by atoms with Gasteiger partial charge in [-0.1, -0.05) is 20.3 Å². The van der Waals surface area contributed by atoms with Gasteiger partial charge >= 0.3 is 5.97 Å². The van der Waals surface area contributed by atoms with Crippen molar-refractivity contribution in [2.45, 2.75) is 65.5 Å². The van der Waals surface area contributed by atoms with Gasteiger partial charge in [-0.2, -0.15) is 0 Å². The second kappa shape index (κ2) is 5.38. The van der Waals surface area contributed by atoms with Crippen LogP contribution in [0.15, 0.2) is 0 Å². The van der Waals surface area contributed by atoms with Crippen LogP contribution in [0.1, 0.15) is 53.9 Å². The highest BCUT2D eigenvalue weighted by molar-refractivity contribution is 5.69. The van der Waals surface area contributed by atoms with Gasteiger partial charge in [0.05, 0.1) is 6.54 Å². The lowest BCUT2D eigenvalue weighted by Crippen LogP contribution is -2.54. The molecule has 0 amide bonds. The molecular weight excluding hydrogens is 214 g/mol. The molecular formula is C14H27NO2. The fraction of sp³-hybridized carbons (Fsp3) is 0.929. The molecule has 100 valence electrons. The Morgan fingerprint density at radius 3 is 2.35 bits per heavy atom. The molecule has 0 bridgehead atoms. The third-order valence-electron chi connectivity index (χ3n) is 3.98. The molecule has 0 aromatic carbocycles. The van der Waals surface area contributed by atoms with Crippen LogP contribution in [0.2, 0.25) is 0 Å². The number of carboxylic acids is 1. The molecule has 17 heavy (non-hydrogen) atoms. The van der Waals surface area contributed by atoms with Gasteiger partial charge in [0.25, 0.3) is 0 Å². The van der Waals surface area contributed by atoms with Crippen molar-refractivity contribution in [1.82, 2.24) is 4.90 Å². The minimum Gasteiger partial charge on any atom is -0.480 e. The second-order valence-electron chi connectivity index (χ2n) is 6.66. The number of rotatable bonds is 3. The minimum atomic E-state index is -0.717. The minimum absolute atomic E-state index is 0.0750. The Morgan fingerprint density at radius 2 is 1.88 bits per heavy atom. The second-order valence-corrected chi connectivity index (χ2v) is 6.66. The van der Waals surface area contributed by atoms with Crippen molar-refractivity contribution in [2.75, 3.05) is 6.54 Å². The van der Waals surface area contributed by atoms with E-state index in [0.717, 1.165) is 12.3 Å². The third kappa shape index (κ3) is 3.98. The van der Waals surface area contributed by atoms with Gasteiger partial charge in [0, 0.05) is 11.6 Å². The summed E-state index contributed by atoms with van der Waals surface area (Å²) in [5.74, 6) is 0.602. The zero-order chi connectivity index (χ0) is 13.2. The van der Waals surface area contributed by atoms with Crippen molar-refractivity contribution in [1.29, 1.82) is 0 Å². The van der Waals surface area contributed by atoms with E-state index in [1.165, 1.54) is 12.8 Å². The normalized spacial score (nSPS) is 30.6. The summed E-state index contributed by atoms with van der Waals surface area (Å²) in [7, 11) is 0. The van der Waals surface area contributed by atoms with Gasteiger partial charge < -0.3 is 5.11 Å². The highest BCUT2D eigenvalue weighted by Gasteiger charge is 2.36. The zero-order valence-corrected chi connectivity index (χ0v) is 11.9. The van der Waals surface area contributed by atoms with E-state index in [-0.39, 0.29) is 12.1 Å². The molecule has 3 unspecified atom stereocenters. The van der Waals surface area contributed by atoms with Gasteiger partial charge in [-0.15, -0.1) is 0 Å². The molecule has 0 radical (unpaired) electrons. The Balaban J connectivity index is 2.84. The predicted octanol–water partition coefficient (Wildman–Crippen LogP) is 3.00. The van der Waals surface area contributed by atoms with E-state index in [0.29, 0.717) is 12.0 Å². The lowest BCUT2D eigenvalue weighted by Gasteiger charge is -2.46. The van der Waals surface area contributed by atoms with Crippen LogP contribution in [-0.2, 0) is 4.79 Å². The molecule has 3 atom stereocenters. The van der Waals surface area contributed by atoms with Gasteiger partial charge in [0.15, 0.2) is 0 Å². The fourth-order valence-corrected chi connectivity index (χ4v) is 2.93. The number of hydrogen-bond donors (Lipinski definition) is 1. The van der Waals surface area contributed by atoms with Crippen LogP contribution in [0, 0.1) is 11.8 Å². The molecule has 1 aliphatic rings. The standard InChI is InChI=1S/C14H27NO2/c1-10-6-7-11(2)12(8-10)15(9-13(16)17)14(3,4)5/h10-12H,6-9H2,1-5H3,(H,16,17). The SMILES string of the molecule is CC1CCC(C)C(N(CC(=O)O)C(C)(C)C)C1. The van der Waals surface area contributed by atoms with Crippen molar-refractivity contribution in [3.63, 3.8) is 0 Å². The van der Waals surface area contributed by atoms with Crippen molar-refractivity contribution in [3.8, 4) is 0 Å². The highest BCUT2D eigenvalue weighted by Crippen LogP contribution is 2.34. The Labute approximate surface area is 105 Å². The molecule has 3 nitrogen and oxygen atoms in total. The number of aliphatic carboxylic acids is 1. The molecule has 0 aliphatic heterocycles. The Hall–Kier alpha value is -0.570. The topological polar surface area (TPSA) is 40.5 Å². The lowest BCUT2D eigenvalue weighted by molar-refractivity contribution is -0.141. The summed E-state index contributed by atoms with van der Waals surface area (Å²) in [6.07, 6.45) is 3.63. The summed E-state index contributed by atoms with van der Waals surface area (Å²) in [5, 5.41) is 9.09. The van der Waals surface area contributed by atoms with Gasteiger partial charge in [-0.3, -0.25) is 9.69 Å². The van der Waals surface area contributed by atoms with E-state index >= 15 is 0 Å². The maximum absolute atomic E-state index is 11.0. The van der Waals surface area contributed by atoms with Gasteiger partial charge in [0.1, 0.15) is 0 Å². The zero-order valence-electron chi connectivity index (χ0n) is 11.9. The molecule has 0 saturated heterocycles. The van der Waals surface area contributed by atoms with E-state index in [9.17, 15) is 4.79 Å². The average Bonchev–Trinajstić information content (AvgIpc) is 2.16. The average molecular weight is 241 g/mol. The first kappa shape index (κ1) is 14.5. The molecule has 0 aromatic heterocycles. The van der Waals surface area contributed by atoms with Crippen molar-refractivity contribution >= 4 is 5.97 Å². The summed E-state index contributed by atoms with van der Waals surface area (Å²) in [6.45, 7) is 11.0. The smallest absolute Gasteiger partial charge is 0.317 e. The number of hydrogen-bond acceptors (Lipinski definition) is 2. The Bertz CT molecular complexity index is 270. The van der Waals surface area contributed by atoms with Gasteiger partial charge in [0.2, 0.25) is 0 Å². The van der Waals surface area contributed by atoms with E-state index in [2.05, 4.69) is 39.5 Å². The van der Waals surface area contributed by atoms with Crippen molar-refractivity contribution in [2.24, 2.45) is 11.8 Å². The molecule has 1 saturated carbocycles. The van der Waals surface area contributed by atoms with Crippen LogP contribution in [-0.4, -0.2) is 34.1 Å². The molecule has 1 rings (SSSR count). The van der Waals surface area contributed by atoms with Crippen LogP contribution < -0.4 is 0 Å². The van der Waals surface area contributed by atoms with Crippen LogP contribution in [0.5, 0.6) is 0 Å². The van der Waals surface area contributed by atoms with E-state index in [1.807, 2.05) is 0 Å². The first-order valence-corrected chi connectivity index (χ1v) is 6.70. The van der Waals surface area contributed by atoms with Crippen molar-refractivity contribution < 1.29 is 9.90 Å². The Morgan fingerprint density at radius 1 is 1.29 bits per heavy atom. The molecule has 0 heterocycles. The van der Waals surface area contributed by atoms with Crippen LogP contribution >= 0.6 is 0 Å². The molecule has 1 aliphatic carbocycles. The maximum Gasteiger partial charge on any atom is 0.317 e. The van der Waals surface area contributed by atoms with Crippen LogP contribution in [0.25, 0.3) is 0 Å². The van der Waals surface area contributed by atoms with E-state index in [1.54, 1.807) is 0 Å². The molecule has 0 aromatic rings. The number of nitrogens with zero attached hydrogens (tertiary/aromatic N) is 1. The Kier molecular flexibility index (Phi) is 4.59. The first-order valence-electron chi connectivity index (χ1n) is 6.70. The number of carbonyl (C=O) groups is 1. The van der Waals surface area contributed by atoms with E-state index in [4.69, 9.17) is 5.11 Å².